The fourth-order valence-corrected chi connectivity index (χ4v) is 2.15. The maximum atomic E-state index is 11.9. The molecule has 1 aromatic heterocycles. The van der Waals surface area contributed by atoms with Crippen LogP contribution < -0.4 is 5.73 Å². The van der Waals surface area contributed by atoms with Crippen molar-refractivity contribution >= 4 is 5.78 Å². The van der Waals surface area contributed by atoms with Crippen LogP contribution in [0.15, 0.2) is 18.5 Å². The topological polar surface area (TPSA) is 65.4 Å². The molecule has 1 fully saturated rings. The molecule has 0 radical (unpaired) electrons. The molecule has 0 unspecified atom stereocenters. The Morgan fingerprint density at radius 3 is 2.59 bits per heavy atom. The van der Waals surface area contributed by atoms with Crippen molar-refractivity contribution < 1.29 is 4.79 Å². The maximum absolute atomic E-state index is 11.9. The van der Waals surface area contributed by atoms with E-state index in [1.807, 2.05) is 6.07 Å². The highest BCUT2D eigenvalue weighted by Gasteiger charge is 2.18. The number of carbonyl (C=O) groups is 1. The van der Waals surface area contributed by atoms with Gasteiger partial charge in [0.15, 0.2) is 5.78 Å². The second-order valence-corrected chi connectivity index (χ2v) is 4.43. The Hall–Kier alpha value is -1.17. The quantitative estimate of drug-likeness (QED) is 0.693. The Kier molecular flexibility index (Phi) is 4.30. The normalized spacial score (nSPS) is 18.4. The molecular weight excluding hydrogens is 216 g/mol. The van der Waals surface area contributed by atoms with Crippen LogP contribution in [0.2, 0.25) is 0 Å². The number of carbonyl (C=O) groups excluding carboxylic acids is 1. The van der Waals surface area contributed by atoms with Crippen LogP contribution in [0.1, 0.15) is 10.4 Å². The fourth-order valence-electron chi connectivity index (χ4n) is 2.15. The molecule has 3 N–H and O–H groups in total. The minimum Gasteiger partial charge on any atom is -0.367 e. The first-order valence-corrected chi connectivity index (χ1v) is 6.10. The number of ketones is 1. The minimum atomic E-state index is 0.193. The Balaban J connectivity index is 1.76. The number of rotatable bonds is 5. The van der Waals surface area contributed by atoms with Crippen molar-refractivity contribution in [3.8, 4) is 0 Å². The monoisotopic (exact) mass is 236 g/mol. The number of nitrogens with two attached hydrogens (primary N) is 1. The van der Waals surface area contributed by atoms with E-state index >= 15 is 0 Å². The number of aromatic amines is 1. The number of nitrogens with zero attached hydrogens (tertiary/aromatic N) is 2. The van der Waals surface area contributed by atoms with Crippen molar-refractivity contribution in [3.05, 3.63) is 24.0 Å². The summed E-state index contributed by atoms with van der Waals surface area (Å²) in [5.74, 6) is 0.193. The van der Waals surface area contributed by atoms with Gasteiger partial charge in [0.05, 0.1) is 6.54 Å². The summed E-state index contributed by atoms with van der Waals surface area (Å²) in [5.41, 5.74) is 6.30. The third kappa shape index (κ3) is 3.39. The molecule has 1 aliphatic heterocycles. The molecule has 1 aromatic rings. The van der Waals surface area contributed by atoms with Gasteiger partial charge >= 0.3 is 0 Å². The lowest BCUT2D eigenvalue weighted by Gasteiger charge is -2.33. The smallest absolute Gasteiger partial charge is 0.178 e. The molecule has 0 bridgehead atoms. The second-order valence-electron chi connectivity index (χ2n) is 4.43. The lowest BCUT2D eigenvalue weighted by atomic mass is 10.2. The van der Waals surface area contributed by atoms with Gasteiger partial charge in [-0.2, -0.15) is 0 Å². The largest absolute Gasteiger partial charge is 0.367 e. The molecule has 5 nitrogen and oxygen atoms in total. The standard InChI is InChI=1S/C12H20N4O/c13-2-4-15-5-7-16(8-6-15)10-12(17)11-1-3-14-9-11/h1,3,9,14H,2,4-8,10,13H2. The number of hydrogen-bond donors (Lipinski definition) is 2. The molecule has 1 saturated heterocycles. The van der Waals surface area contributed by atoms with Crippen LogP contribution >= 0.6 is 0 Å². The van der Waals surface area contributed by atoms with E-state index in [9.17, 15) is 4.79 Å². The molecule has 2 rings (SSSR count). The molecule has 0 spiro atoms. The number of nitrogens with one attached hydrogen (secondary N) is 1. The van der Waals surface area contributed by atoms with Crippen LogP contribution in [0.4, 0.5) is 0 Å². The van der Waals surface area contributed by atoms with Gasteiger partial charge in [0.25, 0.3) is 0 Å². The first-order chi connectivity index (χ1) is 8.29. The van der Waals surface area contributed by atoms with Crippen LogP contribution in [0.5, 0.6) is 0 Å². The van der Waals surface area contributed by atoms with Gasteiger partial charge in [-0.3, -0.25) is 14.6 Å². The van der Waals surface area contributed by atoms with Gasteiger partial charge in [0.1, 0.15) is 0 Å². The van der Waals surface area contributed by atoms with E-state index in [0.717, 1.165) is 38.3 Å². The predicted octanol–water partition coefficient (Wildman–Crippen LogP) is -0.226. The van der Waals surface area contributed by atoms with Crippen molar-refractivity contribution in [2.45, 2.75) is 0 Å². The summed E-state index contributed by atoms with van der Waals surface area (Å²) in [5, 5.41) is 0. The molecule has 0 atom stereocenters. The minimum absolute atomic E-state index is 0.193. The van der Waals surface area contributed by atoms with E-state index in [1.165, 1.54) is 0 Å². The molecule has 94 valence electrons. The molecule has 1 aliphatic rings. The third-order valence-electron chi connectivity index (χ3n) is 3.20. The van der Waals surface area contributed by atoms with Gasteiger partial charge in [-0.1, -0.05) is 0 Å². The molecule has 5 heteroatoms. The highest BCUT2D eigenvalue weighted by molar-refractivity contribution is 5.97. The first kappa shape index (κ1) is 12.3. The predicted molar refractivity (Wildman–Crippen MR) is 67.1 cm³/mol. The molecule has 0 saturated carbocycles. The summed E-state index contributed by atoms with van der Waals surface area (Å²) in [6.07, 6.45) is 3.54. The Bertz CT molecular complexity index is 341. The average molecular weight is 236 g/mol. The van der Waals surface area contributed by atoms with E-state index < -0.39 is 0 Å². The van der Waals surface area contributed by atoms with Gasteiger partial charge in [0, 0.05) is 57.2 Å². The second kappa shape index (κ2) is 5.95. The summed E-state index contributed by atoms with van der Waals surface area (Å²) < 4.78 is 0. The lowest BCUT2D eigenvalue weighted by Crippen LogP contribution is -2.48. The highest BCUT2D eigenvalue weighted by Crippen LogP contribution is 2.04. The van der Waals surface area contributed by atoms with Crippen molar-refractivity contribution in [2.24, 2.45) is 5.73 Å². The third-order valence-corrected chi connectivity index (χ3v) is 3.20. The molecule has 0 amide bonds. The van der Waals surface area contributed by atoms with Crippen LogP contribution in [0.25, 0.3) is 0 Å². The van der Waals surface area contributed by atoms with Crippen molar-refractivity contribution in [1.82, 2.24) is 14.8 Å². The number of piperazine rings is 1. The molecule has 0 aliphatic carbocycles. The van der Waals surface area contributed by atoms with Crippen molar-refractivity contribution in [1.29, 1.82) is 0 Å². The summed E-state index contributed by atoms with van der Waals surface area (Å²) >= 11 is 0. The zero-order chi connectivity index (χ0) is 12.1. The van der Waals surface area contributed by atoms with Crippen LogP contribution in [-0.4, -0.2) is 66.4 Å². The number of H-pyrrole nitrogens is 1. The highest BCUT2D eigenvalue weighted by atomic mass is 16.1. The van der Waals surface area contributed by atoms with Crippen LogP contribution in [-0.2, 0) is 0 Å². The van der Waals surface area contributed by atoms with Gasteiger partial charge < -0.3 is 10.7 Å². The Labute approximate surface area is 102 Å². The summed E-state index contributed by atoms with van der Waals surface area (Å²) in [4.78, 5) is 19.4. The van der Waals surface area contributed by atoms with Gasteiger partial charge in [-0.05, 0) is 6.07 Å². The van der Waals surface area contributed by atoms with Gasteiger partial charge in [-0.25, -0.2) is 0 Å². The van der Waals surface area contributed by atoms with E-state index in [1.54, 1.807) is 12.4 Å². The molecular formula is C12H20N4O. The van der Waals surface area contributed by atoms with Gasteiger partial charge in [0.2, 0.25) is 0 Å². The first-order valence-electron chi connectivity index (χ1n) is 6.10. The lowest BCUT2D eigenvalue weighted by molar-refractivity contribution is 0.0856. The van der Waals surface area contributed by atoms with Gasteiger partial charge in [-0.15, -0.1) is 0 Å². The Morgan fingerprint density at radius 2 is 2.00 bits per heavy atom. The van der Waals surface area contributed by atoms with E-state index in [-0.39, 0.29) is 5.78 Å². The van der Waals surface area contributed by atoms with Crippen molar-refractivity contribution in [3.63, 3.8) is 0 Å². The zero-order valence-corrected chi connectivity index (χ0v) is 10.1. The summed E-state index contributed by atoms with van der Waals surface area (Å²) in [6, 6.07) is 1.83. The van der Waals surface area contributed by atoms with Crippen LogP contribution in [0.3, 0.4) is 0 Å². The van der Waals surface area contributed by atoms with Crippen LogP contribution in [0, 0.1) is 0 Å². The van der Waals surface area contributed by atoms with E-state index in [4.69, 9.17) is 5.73 Å². The number of aromatic nitrogens is 1. The van der Waals surface area contributed by atoms with Crippen molar-refractivity contribution in [2.75, 3.05) is 45.8 Å². The zero-order valence-electron chi connectivity index (χ0n) is 10.1. The number of hydrogen-bond acceptors (Lipinski definition) is 4. The summed E-state index contributed by atoms with van der Waals surface area (Å²) in [7, 11) is 0. The molecule has 17 heavy (non-hydrogen) atoms. The summed E-state index contributed by atoms with van der Waals surface area (Å²) in [6.45, 7) is 6.12. The fraction of sp³-hybridized carbons (Fsp3) is 0.583. The maximum Gasteiger partial charge on any atom is 0.178 e. The van der Waals surface area contributed by atoms with E-state index in [0.29, 0.717) is 13.1 Å². The van der Waals surface area contributed by atoms with E-state index in [2.05, 4.69) is 14.8 Å². The number of Topliss-reactive ketones (excluding diaryl/α,β-unsaturated/α-hetero) is 1. The SMILES string of the molecule is NCCN1CCN(CC(=O)c2cc[nH]c2)CC1. The average Bonchev–Trinajstić information content (AvgIpc) is 2.86. The Morgan fingerprint density at radius 1 is 1.29 bits per heavy atom. The molecule has 0 aromatic carbocycles. The molecule has 2 heterocycles.